The summed E-state index contributed by atoms with van der Waals surface area (Å²) in [6.07, 6.45) is 2.46. The summed E-state index contributed by atoms with van der Waals surface area (Å²) >= 11 is 0. The molecule has 2 aliphatic heterocycles. The molecule has 2 aliphatic rings. The molecule has 0 aliphatic carbocycles. The highest BCUT2D eigenvalue weighted by atomic mass is 16.5. The van der Waals surface area contributed by atoms with Crippen LogP contribution in [0.2, 0.25) is 0 Å². The van der Waals surface area contributed by atoms with Crippen molar-refractivity contribution < 1.29 is 19.4 Å². The zero-order chi connectivity index (χ0) is 35.2. The van der Waals surface area contributed by atoms with E-state index < -0.39 is 18.1 Å². The van der Waals surface area contributed by atoms with E-state index in [9.17, 15) is 14.7 Å². The topological polar surface area (TPSA) is 94.5 Å². The lowest BCUT2D eigenvalue weighted by Gasteiger charge is -2.41. The van der Waals surface area contributed by atoms with Crippen molar-refractivity contribution in [1.82, 2.24) is 4.90 Å². The first-order valence-corrected chi connectivity index (χ1v) is 17.5. The van der Waals surface area contributed by atoms with Crippen molar-refractivity contribution in [3.63, 3.8) is 0 Å². The predicted molar refractivity (Wildman–Crippen MR) is 202 cm³/mol. The number of nitrogens with zero attached hydrogens (tertiary/aromatic N) is 3. The van der Waals surface area contributed by atoms with E-state index in [4.69, 9.17) is 9.73 Å². The monoisotopic (exact) mass is 678 g/mol. The van der Waals surface area contributed by atoms with Crippen LogP contribution in [0.25, 0.3) is 0 Å². The number of carbonyl (C=O) groups is 2. The summed E-state index contributed by atoms with van der Waals surface area (Å²) in [4.78, 5) is 37.0. The van der Waals surface area contributed by atoms with Gasteiger partial charge in [0, 0.05) is 24.2 Å². The molecule has 0 radical (unpaired) electrons. The number of nitrogens with one attached hydrogen (secondary N) is 1. The average molecular weight is 679 g/mol. The minimum absolute atomic E-state index is 0.0818. The van der Waals surface area contributed by atoms with Crippen molar-refractivity contribution in [2.75, 3.05) is 30.4 Å². The van der Waals surface area contributed by atoms with Crippen LogP contribution in [0.3, 0.4) is 0 Å². The van der Waals surface area contributed by atoms with Gasteiger partial charge in [0.25, 0.3) is 0 Å². The number of likely N-dealkylation sites (tertiary alicyclic amines) is 1. The number of rotatable bonds is 11. The van der Waals surface area contributed by atoms with Gasteiger partial charge >= 0.3 is 5.97 Å². The molecular formula is C43H42N4O4. The maximum absolute atomic E-state index is 14.0. The molecule has 8 heteroatoms. The zero-order valence-corrected chi connectivity index (χ0v) is 28.7. The fourth-order valence-electron chi connectivity index (χ4n) is 7.52. The Kier molecular flexibility index (Phi) is 10.2. The van der Waals surface area contributed by atoms with E-state index in [1.54, 1.807) is 7.11 Å². The number of benzene rings is 5. The fraction of sp³-hybridized carbons (Fsp3) is 0.233. The minimum Gasteiger partial charge on any atom is -0.495 e. The zero-order valence-electron chi connectivity index (χ0n) is 28.7. The van der Waals surface area contributed by atoms with Crippen molar-refractivity contribution in [1.29, 1.82) is 0 Å². The van der Waals surface area contributed by atoms with Gasteiger partial charge < -0.3 is 20.1 Å². The van der Waals surface area contributed by atoms with Crippen LogP contribution in [-0.2, 0) is 22.6 Å². The smallest absolute Gasteiger partial charge is 0.330 e. The van der Waals surface area contributed by atoms with Crippen molar-refractivity contribution >= 4 is 29.0 Å². The second kappa shape index (κ2) is 15.4. The Labute approximate surface area is 299 Å². The third-order valence-corrected chi connectivity index (χ3v) is 9.93. The summed E-state index contributed by atoms with van der Waals surface area (Å²) in [5.41, 5.74) is 6.49. The van der Waals surface area contributed by atoms with E-state index in [0.717, 1.165) is 48.2 Å². The van der Waals surface area contributed by atoms with Crippen LogP contribution in [0.15, 0.2) is 138 Å². The Morgan fingerprint density at radius 1 is 0.843 bits per heavy atom. The van der Waals surface area contributed by atoms with E-state index in [1.165, 1.54) is 5.56 Å². The number of aliphatic carboxylic acids is 1. The minimum atomic E-state index is -1.20. The molecule has 0 saturated carbocycles. The lowest BCUT2D eigenvalue weighted by atomic mass is 9.87. The van der Waals surface area contributed by atoms with Gasteiger partial charge in [-0.3, -0.25) is 14.7 Å². The highest BCUT2D eigenvalue weighted by Crippen LogP contribution is 2.41. The number of fused-ring (bicyclic) bond motifs is 1. The molecule has 2 heterocycles. The SMILES string of the molecule is COc1ccccc1N1CCc2ccccc2[C@H]1[C@H](N=C(c1ccccc1)c1ccccc1NC(=O)[C@@H]1CCCN1Cc1ccccc1)C(=O)O. The van der Waals surface area contributed by atoms with Gasteiger partial charge in [-0.2, -0.15) is 0 Å². The number of carbonyl (C=O) groups excluding carboxylic acids is 1. The molecule has 51 heavy (non-hydrogen) atoms. The van der Waals surface area contributed by atoms with Crippen LogP contribution < -0.4 is 15.0 Å². The molecule has 8 nitrogen and oxygen atoms in total. The molecule has 258 valence electrons. The van der Waals surface area contributed by atoms with Crippen molar-refractivity contribution in [3.05, 3.63) is 161 Å². The molecule has 0 bridgehead atoms. The summed E-state index contributed by atoms with van der Waals surface area (Å²) in [5.74, 6) is -0.463. The number of carboxylic acids is 1. The molecule has 3 atom stereocenters. The number of carboxylic acid groups (broad SMARTS) is 1. The maximum atomic E-state index is 14.0. The quantitative estimate of drug-likeness (QED) is 0.142. The number of aliphatic imine (C=N–C) groups is 1. The molecule has 7 rings (SSSR count). The molecule has 5 aromatic carbocycles. The largest absolute Gasteiger partial charge is 0.495 e. The normalized spacial score (nSPS) is 18.1. The summed E-state index contributed by atoms with van der Waals surface area (Å²) in [6, 6.07) is 41.0. The molecule has 2 N–H and O–H groups in total. The number of methoxy groups -OCH3 is 1. The Bertz CT molecular complexity index is 2020. The first-order valence-electron chi connectivity index (χ1n) is 17.5. The van der Waals surface area contributed by atoms with Crippen LogP contribution in [0.5, 0.6) is 5.75 Å². The summed E-state index contributed by atoms with van der Waals surface area (Å²) in [6.45, 7) is 2.13. The molecule has 5 aromatic rings. The van der Waals surface area contributed by atoms with Gasteiger partial charge in [0.2, 0.25) is 5.91 Å². The lowest BCUT2D eigenvalue weighted by molar-refractivity contribution is -0.139. The average Bonchev–Trinajstić information content (AvgIpc) is 3.64. The van der Waals surface area contributed by atoms with Gasteiger partial charge in [0.15, 0.2) is 6.04 Å². The van der Waals surface area contributed by atoms with Crippen LogP contribution in [0.1, 0.15) is 46.7 Å². The Morgan fingerprint density at radius 3 is 2.31 bits per heavy atom. The van der Waals surface area contributed by atoms with E-state index in [0.29, 0.717) is 35.8 Å². The molecule has 1 amide bonds. The standard InChI is InChI=1S/C43H42N4O4/c1-51-38-25-13-12-23-36(38)47-28-26-31-17-8-9-20-33(31)41(47)40(43(49)50)45-39(32-18-6-3-7-19-32)34-21-10-11-22-35(34)44-42(48)37-24-14-27-46(37)29-30-15-4-2-5-16-30/h2-13,15-23,25,37,40-41H,14,24,26-29H2,1H3,(H,44,48)(H,49,50)/t37-,40-,41-/m0/s1. The highest BCUT2D eigenvalue weighted by molar-refractivity contribution is 6.17. The van der Waals surface area contributed by atoms with E-state index in [1.807, 2.05) is 115 Å². The summed E-state index contributed by atoms with van der Waals surface area (Å²) in [7, 11) is 1.63. The number of hydrogen-bond acceptors (Lipinski definition) is 6. The van der Waals surface area contributed by atoms with Gasteiger partial charge in [-0.15, -0.1) is 0 Å². The molecule has 0 spiro atoms. The van der Waals surface area contributed by atoms with E-state index in [-0.39, 0.29) is 11.9 Å². The van der Waals surface area contributed by atoms with Gasteiger partial charge in [-0.25, -0.2) is 4.79 Å². The fourth-order valence-corrected chi connectivity index (χ4v) is 7.52. The predicted octanol–water partition coefficient (Wildman–Crippen LogP) is 7.39. The summed E-state index contributed by atoms with van der Waals surface area (Å²) in [5, 5.41) is 14.3. The third-order valence-electron chi connectivity index (χ3n) is 9.93. The molecule has 0 unspecified atom stereocenters. The second-order valence-electron chi connectivity index (χ2n) is 13.0. The van der Waals surface area contributed by atoms with Gasteiger partial charge in [0.1, 0.15) is 5.75 Å². The molecule has 1 saturated heterocycles. The van der Waals surface area contributed by atoms with Crippen LogP contribution in [0.4, 0.5) is 11.4 Å². The number of hydrogen-bond donors (Lipinski definition) is 2. The van der Waals surface area contributed by atoms with Crippen LogP contribution in [-0.4, -0.2) is 59.9 Å². The Balaban J connectivity index is 1.30. The second-order valence-corrected chi connectivity index (χ2v) is 13.0. The van der Waals surface area contributed by atoms with Gasteiger partial charge in [-0.05, 0) is 60.7 Å². The molecular weight excluding hydrogens is 636 g/mol. The first-order chi connectivity index (χ1) is 25.0. The molecule has 1 fully saturated rings. The van der Waals surface area contributed by atoms with Gasteiger partial charge in [0.05, 0.1) is 36.3 Å². The number of amides is 1. The number of anilines is 2. The third kappa shape index (κ3) is 7.28. The summed E-state index contributed by atoms with van der Waals surface area (Å²) < 4.78 is 5.76. The lowest BCUT2D eigenvalue weighted by Crippen LogP contribution is -2.44. The van der Waals surface area contributed by atoms with Crippen molar-refractivity contribution in [3.8, 4) is 5.75 Å². The Hall–Kier alpha value is -5.73. The van der Waals surface area contributed by atoms with E-state index >= 15 is 0 Å². The van der Waals surface area contributed by atoms with E-state index in [2.05, 4.69) is 33.3 Å². The van der Waals surface area contributed by atoms with Crippen LogP contribution >= 0.6 is 0 Å². The highest BCUT2D eigenvalue weighted by Gasteiger charge is 2.39. The number of ether oxygens (including phenoxy) is 1. The van der Waals surface area contributed by atoms with Gasteiger partial charge in [-0.1, -0.05) is 115 Å². The van der Waals surface area contributed by atoms with Crippen molar-refractivity contribution in [2.45, 2.75) is 43.9 Å². The van der Waals surface area contributed by atoms with Crippen molar-refractivity contribution in [2.24, 2.45) is 4.99 Å². The molecule has 0 aromatic heterocycles. The first kappa shape index (κ1) is 33.8. The number of para-hydroxylation sites is 3. The maximum Gasteiger partial charge on any atom is 0.330 e. The van der Waals surface area contributed by atoms with Crippen LogP contribution in [0, 0.1) is 0 Å². The Morgan fingerprint density at radius 2 is 1.53 bits per heavy atom.